The largest absolute Gasteiger partial charge is 0.306 e. The van der Waals surface area contributed by atoms with E-state index in [1.165, 1.54) is 27.5 Å². The van der Waals surface area contributed by atoms with Crippen molar-refractivity contribution in [2.24, 2.45) is 0 Å². The minimum Gasteiger partial charge on any atom is -0.306 e. The molecule has 0 aliphatic carbocycles. The van der Waals surface area contributed by atoms with Gasteiger partial charge in [-0.2, -0.15) is 0 Å². The number of benzene rings is 1. The number of halogens is 3. The first-order chi connectivity index (χ1) is 9.40. The first-order valence-electron chi connectivity index (χ1n) is 6.33. The third-order valence-corrected chi connectivity index (χ3v) is 4.86. The van der Waals surface area contributed by atoms with Crippen molar-refractivity contribution in [1.82, 2.24) is 5.32 Å². The summed E-state index contributed by atoms with van der Waals surface area (Å²) >= 11 is 4.81. The second-order valence-electron chi connectivity index (χ2n) is 4.79. The van der Waals surface area contributed by atoms with E-state index < -0.39 is 11.6 Å². The minimum atomic E-state index is -0.539. The first-order valence-corrected chi connectivity index (χ1v) is 7.93. The van der Waals surface area contributed by atoms with Gasteiger partial charge in [-0.15, -0.1) is 11.3 Å². The summed E-state index contributed by atoms with van der Waals surface area (Å²) in [7, 11) is 0. The second-order valence-corrected chi connectivity index (χ2v) is 7.11. The molecule has 0 aliphatic heterocycles. The molecule has 1 unspecified atom stereocenters. The van der Waals surface area contributed by atoms with Gasteiger partial charge in [0.2, 0.25) is 0 Å². The topological polar surface area (TPSA) is 12.0 Å². The Balaban J connectivity index is 2.13. The molecule has 1 aromatic carbocycles. The van der Waals surface area contributed by atoms with Crippen molar-refractivity contribution in [3.8, 4) is 0 Å². The van der Waals surface area contributed by atoms with E-state index in [4.69, 9.17) is 0 Å². The smallest absolute Gasteiger partial charge is 0.144 e. The third-order valence-electron chi connectivity index (χ3n) is 3.27. The zero-order valence-electron chi connectivity index (χ0n) is 11.6. The van der Waals surface area contributed by atoms with Gasteiger partial charge in [-0.1, -0.05) is 0 Å². The molecule has 5 heteroatoms. The monoisotopic (exact) mass is 359 g/mol. The van der Waals surface area contributed by atoms with E-state index in [1.54, 1.807) is 11.3 Å². The van der Waals surface area contributed by atoms with E-state index in [9.17, 15) is 8.78 Å². The number of rotatable bonds is 4. The molecule has 0 fully saturated rings. The molecule has 108 valence electrons. The van der Waals surface area contributed by atoms with Crippen LogP contribution in [0.3, 0.4) is 0 Å². The normalized spacial score (nSPS) is 12.7. The van der Waals surface area contributed by atoms with Crippen LogP contribution in [-0.2, 0) is 6.54 Å². The predicted molar refractivity (Wildman–Crippen MR) is 83.1 cm³/mol. The van der Waals surface area contributed by atoms with E-state index in [0.717, 1.165) is 0 Å². The van der Waals surface area contributed by atoms with Crippen LogP contribution in [0.25, 0.3) is 0 Å². The van der Waals surface area contributed by atoms with E-state index >= 15 is 0 Å². The average molecular weight is 360 g/mol. The minimum absolute atomic E-state index is 0.0535. The summed E-state index contributed by atoms with van der Waals surface area (Å²) in [6, 6.07) is 4.82. The summed E-state index contributed by atoms with van der Waals surface area (Å²) in [6.07, 6.45) is 0. The molecule has 0 spiro atoms. The lowest BCUT2D eigenvalue weighted by atomic mass is 10.1. The summed E-state index contributed by atoms with van der Waals surface area (Å²) < 4.78 is 27.8. The molecule has 1 aromatic heterocycles. The Hall–Kier alpha value is -0.780. The van der Waals surface area contributed by atoms with Crippen LogP contribution in [0, 0.1) is 25.5 Å². The molecular weight excluding hydrogens is 344 g/mol. The third kappa shape index (κ3) is 3.27. The van der Waals surface area contributed by atoms with Gasteiger partial charge in [-0.25, -0.2) is 8.78 Å². The van der Waals surface area contributed by atoms with Crippen LogP contribution in [0.5, 0.6) is 0 Å². The van der Waals surface area contributed by atoms with Crippen LogP contribution in [0.2, 0.25) is 0 Å². The first kappa shape index (κ1) is 15.6. The number of nitrogens with one attached hydrogen (secondary N) is 1. The van der Waals surface area contributed by atoms with Gasteiger partial charge in [0.25, 0.3) is 0 Å². The van der Waals surface area contributed by atoms with Crippen molar-refractivity contribution in [2.75, 3.05) is 0 Å². The molecule has 2 rings (SSSR count). The van der Waals surface area contributed by atoms with Gasteiger partial charge < -0.3 is 5.32 Å². The van der Waals surface area contributed by atoms with Gasteiger partial charge in [-0.3, -0.25) is 0 Å². The molecule has 1 N–H and O–H groups in total. The van der Waals surface area contributed by atoms with Crippen molar-refractivity contribution in [3.05, 3.63) is 55.2 Å². The fourth-order valence-electron chi connectivity index (χ4n) is 2.18. The fraction of sp³-hybridized carbons (Fsp3) is 0.333. The summed E-state index contributed by atoms with van der Waals surface area (Å²) in [5, 5.41) is 3.18. The number of hydrogen-bond donors (Lipinski definition) is 1. The zero-order chi connectivity index (χ0) is 14.9. The Bertz CT molecular complexity index is 625. The van der Waals surface area contributed by atoms with Crippen molar-refractivity contribution in [2.45, 2.75) is 33.4 Å². The van der Waals surface area contributed by atoms with Crippen molar-refractivity contribution < 1.29 is 8.78 Å². The molecule has 1 nitrogen and oxygen atoms in total. The van der Waals surface area contributed by atoms with E-state index in [2.05, 4.69) is 41.2 Å². The van der Waals surface area contributed by atoms with Gasteiger partial charge in [0.1, 0.15) is 11.6 Å². The lowest BCUT2D eigenvalue weighted by molar-refractivity contribution is 0.506. The van der Waals surface area contributed by atoms with Crippen LogP contribution >= 0.6 is 27.3 Å². The molecule has 0 saturated carbocycles. The van der Waals surface area contributed by atoms with Crippen LogP contribution < -0.4 is 5.32 Å². The van der Waals surface area contributed by atoms with Gasteiger partial charge in [0, 0.05) is 27.9 Å². The molecule has 1 heterocycles. The van der Waals surface area contributed by atoms with Crippen LogP contribution in [-0.4, -0.2) is 0 Å². The molecule has 2 aromatic rings. The second kappa shape index (κ2) is 6.33. The van der Waals surface area contributed by atoms with Crippen molar-refractivity contribution >= 4 is 27.3 Å². The summed E-state index contributed by atoms with van der Waals surface area (Å²) in [5.74, 6) is -1.06. The Morgan fingerprint density at radius 2 is 2.00 bits per heavy atom. The Morgan fingerprint density at radius 3 is 2.60 bits per heavy atom. The quantitative estimate of drug-likeness (QED) is 0.734. The van der Waals surface area contributed by atoms with Gasteiger partial charge in [0.15, 0.2) is 0 Å². The molecule has 0 amide bonds. The number of hydrogen-bond acceptors (Lipinski definition) is 2. The van der Waals surface area contributed by atoms with Crippen LogP contribution in [0.1, 0.15) is 33.8 Å². The van der Waals surface area contributed by atoms with E-state index in [0.29, 0.717) is 0 Å². The Labute approximate surface area is 130 Å². The predicted octanol–water partition coefficient (Wildman–Crippen LogP) is 5.26. The van der Waals surface area contributed by atoms with E-state index in [1.807, 2.05) is 6.92 Å². The van der Waals surface area contributed by atoms with Gasteiger partial charge in [-0.05, 0) is 60.5 Å². The molecule has 1 atom stereocenters. The highest BCUT2D eigenvalue weighted by molar-refractivity contribution is 9.10. The number of thiophene rings is 1. The van der Waals surface area contributed by atoms with Crippen LogP contribution in [0.15, 0.2) is 22.7 Å². The lowest BCUT2D eigenvalue weighted by Gasteiger charge is -2.15. The van der Waals surface area contributed by atoms with Crippen molar-refractivity contribution in [1.29, 1.82) is 0 Å². The maximum absolute atomic E-state index is 13.9. The summed E-state index contributed by atoms with van der Waals surface area (Å²) in [5.41, 5.74) is 1.25. The van der Waals surface area contributed by atoms with Crippen molar-refractivity contribution in [3.63, 3.8) is 0 Å². The zero-order valence-corrected chi connectivity index (χ0v) is 14.0. The lowest BCUT2D eigenvalue weighted by Crippen LogP contribution is -2.20. The maximum atomic E-state index is 13.9. The highest BCUT2D eigenvalue weighted by atomic mass is 79.9. The highest BCUT2D eigenvalue weighted by Gasteiger charge is 2.15. The van der Waals surface area contributed by atoms with Gasteiger partial charge >= 0.3 is 0 Å². The van der Waals surface area contributed by atoms with Gasteiger partial charge in [0.05, 0.1) is 4.47 Å². The Morgan fingerprint density at radius 1 is 1.30 bits per heavy atom. The maximum Gasteiger partial charge on any atom is 0.144 e. The van der Waals surface area contributed by atoms with Crippen LogP contribution in [0.4, 0.5) is 8.78 Å². The summed E-state index contributed by atoms with van der Waals surface area (Å²) in [4.78, 5) is 2.48. The SMILES string of the molecule is Cc1cc(C(C)NCc2c(F)ccc(Br)c2F)c(C)s1. The molecule has 0 radical (unpaired) electrons. The molecule has 0 saturated heterocycles. The van der Waals surface area contributed by atoms with E-state index in [-0.39, 0.29) is 22.6 Å². The highest BCUT2D eigenvalue weighted by Crippen LogP contribution is 2.27. The average Bonchev–Trinajstić information content (AvgIpc) is 2.73. The standard InChI is InChI=1S/C15H16BrF2NS/c1-8-6-11(10(3)20-8)9(2)19-7-12-14(17)5-4-13(16)15(12)18/h4-6,9,19H,7H2,1-3H3. The number of aryl methyl sites for hydroxylation is 2. The molecule has 0 bridgehead atoms. The molecule has 20 heavy (non-hydrogen) atoms. The Kier molecular flexibility index (Phi) is 4.94. The fourth-order valence-corrected chi connectivity index (χ4v) is 3.57. The molecule has 0 aliphatic rings. The summed E-state index contributed by atoms with van der Waals surface area (Å²) in [6.45, 7) is 6.28. The molecular formula is C15H16BrF2NS.